The largest absolute Gasteiger partial charge is 0.453 e. The predicted molar refractivity (Wildman–Crippen MR) is 223 cm³/mol. The van der Waals surface area contributed by atoms with Gasteiger partial charge in [-0.15, -0.1) is 0 Å². The van der Waals surface area contributed by atoms with E-state index in [1.165, 1.54) is 14.2 Å². The molecule has 3 aliphatic heterocycles. The minimum absolute atomic E-state index is 0.102. The molecule has 1 saturated carbocycles. The lowest BCUT2D eigenvalue weighted by Crippen LogP contribution is -2.52. The van der Waals surface area contributed by atoms with E-state index in [0.29, 0.717) is 32.1 Å². The normalized spacial score (nSPS) is 23.6. The Morgan fingerprint density at radius 2 is 1.52 bits per heavy atom. The standard InChI is InChI=1S/C45H56N8O7/c1-26(2)38(51-45(57)59-4)43(55)53-36-22-31(36)23-37(53)40-46-24-33(47-40)29-16-12-27(13-17-29)28-14-18-30(19-15-28)39-34-25-60-21-8-6-5-7-10-32(49-44(56)58-3)42(54)52-20-9-11-35(52)41(48-34)50-39/h12-19,24,26,31-32,35-38H,5-11,20-23,25H2,1-4H3,(H,46,47)(H,48,50)(H,49,56)(H,51,57)/t31-,32+,35+,36-,37+,38+/m1/s1. The Morgan fingerprint density at radius 1 is 0.817 bits per heavy atom. The van der Waals surface area contributed by atoms with Crippen LogP contribution in [0.5, 0.6) is 0 Å². The van der Waals surface area contributed by atoms with Crippen LogP contribution in [0.25, 0.3) is 33.6 Å². The summed E-state index contributed by atoms with van der Waals surface area (Å²) in [6.45, 7) is 5.44. The van der Waals surface area contributed by atoms with E-state index < -0.39 is 24.3 Å². The van der Waals surface area contributed by atoms with E-state index in [4.69, 9.17) is 24.2 Å². The van der Waals surface area contributed by atoms with Crippen molar-refractivity contribution in [3.63, 3.8) is 0 Å². The van der Waals surface area contributed by atoms with Gasteiger partial charge in [0, 0.05) is 24.8 Å². The maximum atomic E-state index is 13.9. The highest BCUT2D eigenvalue weighted by Crippen LogP contribution is 2.53. The first-order valence-corrected chi connectivity index (χ1v) is 21.4. The lowest BCUT2D eigenvalue weighted by molar-refractivity contribution is -0.137. The molecule has 4 amide bonds. The number of amides is 4. The number of hydrogen-bond donors (Lipinski definition) is 4. The van der Waals surface area contributed by atoms with E-state index in [9.17, 15) is 19.2 Å². The number of fused-ring (bicyclic) bond motifs is 5. The number of aromatic amines is 2. The van der Waals surface area contributed by atoms with Crippen molar-refractivity contribution in [1.29, 1.82) is 0 Å². The van der Waals surface area contributed by atoms with Crippen molar-refractivity contribution in [2.45, 2.75) is 108 Å². The van der Waals surface area contributed by atoms with Crippen molar-refractivity contribution < 1.29 is 33.4 Å². The number of benzene rings is 2. The van der Waals surface area contributed by atoms with Gasteiger partial charge in [-0.2, -0.15) is 0 Å². The van der Waals surface area contributed by atoms with Crippen LogP contribution in [-0.2, 0) is 30.4 Å². The summed E-state index contributed by atoms with van der Waals surface area (Å²) in [7, 11) is 2.62. The second-order valence-corrected chi connectivity index (χ2v) is 16.8. The van der Waals surface area contributed by atoms with Gasteiger partial charge < -0.3 is 44.6 Å². The summed E-state index contributed by atoms with van der Waals surface area (Å²) in [6, 6.07) is 15.0. The highest BCUT2D eigenvalue weighted by molar-refractivity contribution is 5.87. The number of ether oxygens (including phenoxy) is 3. The molecule has 4 N–H and O–H groups in total. The van der Waals surface area contributed by atoms with Gasteiger partial charge in [-0.3, -0.25) is 9.59 Å². The first-order valence-electron chi connectivity index (χ1n) is 21.4. The number of carbonyl (C=O) groups is 4. The number of hydrogen-bond acceptors (Lipinski definition) is 9. The Morgan fingerprint density at radius 3 is 2.23 bits per heavy atom. The van der Waals surface area contributed by atoms with Gasteiger partial charge >= 0.3 is 12.2 Å². The molecule has 1 aliphatic carbocycles. The molecule has 2 bridgehead atoms. The van der Waals surface area contributed by atoms with Crippen molar-refractivity contribution in [3.8, 4) is 33.6 Å². The Bertz CT molecular complexity index is 2170. The Balaban J connectivity index is 0.977. The lowest BCUT2D eigenvalue weighted by atomic mass is 10.0. The molecule has 318 valence electrons. The smallest absolute Gasteiger partial charge is 0.407 e. The molecule has 4 aromatic rings. The molecule has 5 heterocycles. The number of carbonyl (C=O) groups excluding carboxylic acids is 4. The van der Waals surface area contributed by atoms with Crippen molar-refractivity contribution in [2.75, 3.05) is 27.4 Å². The molecule has 60 heavy (non-hydrogen) atoms. The number of alkyl carbamates (subject to hydrolysis) is 2. The van der Waals surface area contributed by atoms with Crippen LogP contribution in [0.2, 0.25) is 0 Å². The molecule has 0 unspecified atom stereocenters. The molecule has 15 heteroatoms. The number of methoxy groups -OCH3 is 2. The van der Waals surface area contributed by atoms with Gasteiger partial charge in [0.1, 0.15) is 23.7 Å². The third kappa shape index (κ3) is 8.63. The van der Waals surface area contributed by atoms with Crippen LogP contribution in [0.3, 0.4) is 0 Å². The molecule has 2 aromatic heterocycles. The number of aromatic nitrogens is 4. The quantitative estimate of drug-likeness (QED) is 0.145. The SMILES string of the molecule is COC(=O)N[C@H]1CCCCCCOCc2[nH]c(nc2-c2ccc(-c3ccc(-c4cnc([C@@H]5C[C@H]6C[C@H]6N5C(=O)[C@@H](NC(=O)OC)C(C)C)[nH]4)cc3)cc2)[C@@H]2CCCN2C1=O. The van der Waals surface area contributed by atoms with Crippen molar-refractivity contribution in [2.24, 2.45) is 11.8 Å². The van der Waals surface area contributed by atoms with E-state index in [-0.39, 0.29) is 35.9 Å². The number of H-pyrrole nitrogens is 2. The number of piperidine rings is 1. The molecule has 2 aromatic carbocycles. The monoisotopic (exact) mass is 820 g/mol. The van der Waals surface area contributed by atoms with E-state index in [2.05, 4.69) is 69.1 Å². The molecule has 0 radical (unpaired) electrons. The van der Waals surface area contributed by atoms with Crippen LogP contribution in [0.15, 0.2) is 54.7 Å². The fraction of sp³-hybridized carbons (Fsp3) is 0.511. The summed E-state index contributed by atoms with van der Waals surface area (Å²) in [6.07, 6.45) is 8.22. The van der Waals surface area contributed by atoms with Crippen molar-refractivity contribution >= 4 is 24.0 Å². The predicted octanol–water partition coefficient (Wildman–Crippen LogP) is 7.05. The zero-order valence-corrected chi connectivity index (χ0v) is 34.9. The van der Waals surface area contributed by atoms with Gasteiger partial charge in [-0.25, -0.2) is 19.6 Å². The Hall–Kier alpha value is -5.70. The minimum Gasteiger partial charge on any atom is -0.453 e. The number of imidazole rings is 2. The summed E-state index contributed by atoms with van der Waals surface area (Å²) < 4.78 is 15.8. The average Bonchev–Trinajstić information content (AvgIpc) is 3.76. The lowest BCUT2D eigenvalue weighted by Gasteiger charge is -2.31. The molecule has 4 aliphatic rings. The summed E-state index contributed by atoms with van der Waals surface area (Å²) in [4.78, 5) is 72.7. The van der Waals surface area contributed by atoms with E-state index >= 15 is 0 Å². The van der Waals surface area contributed by atoms with E-state index in [0.717, 1.165) is 102 Å². The van der Waals surface area contributed by atoms with Gasteiger partial charge in [0.05, 0.1) is 56.2 Å². The zero-order valence-electron chi connectivity index (χ0n) is 34.9. The third-order valence-electron chi connectivity index (χ3n) is 12.6. The second-order valence-electron chi connectivity index (χ2n) is 16.8. The van der Waals surface area contributed by atoms with Crippen LogP contribution < -0.4 is 10.6 Å². The number of nitrogens with one attached hydrogen (secondary N) is 4. The Labute approximate surface area is 350 Å². The Kier molecular flexibility index (Phi) is 12.2. The summed E-state index contributed by atoms with van der Waals surface area (Å²) in [5.74, 6) is 1.60. The second kappa shape index (κ2) is 17.9. The average molecular weight is 821 g/mol. The van der Waals surface area contributed by atoms with Gasteiger partial charge in [0.2, 0.25) is 11.8 Å². The van der Waals surface area contributed by atoms with Crippen LogP contribution in [0.4, 0.5) is 9.59 Å². The molecule has 3 fully saturated rings. The molecule has 15 nitrogen and oxygen atoms in total. The number of rotatable bonds is 8. The van der Waals surface area contributed by atoms with Gasteiger partial charge in [0.15, 0.2) is 0 Å². The summed E-state index contributed by atoms with van der Waals surface area (Å²) in [5.41, 5.74) is 6.58. The summed E-state index contributed by atoms with van der Waals surface area (Å²) >= 11 is 0. The molecule has 2 saturated heterocycles. The number of likely N-dealkylation sites (tertiary alicyclic amines) is 1. The first kappa shape index (κ1) is 41.1. The van der Waals surface area contributed by atoms with Gasteiger partial charge in [-0.1, -0.05) is 81.6 Å². The first-order chi connectivity index (χ1) is 29.1. The zero-order chi connectivity index (χ0) is 41.9. The fourth-order valence-electron chi connectivity index (χ4n) is 9.18. The van der Waals surface area contributed by atoms with Gasteiger partial charge in [-0.05, 0) is 67.1 Å². The fourth-order valence-corrected chi connectivity index (χ4v) is 9.18. The highest BCUT2D eigenvalue weighted by Gasteiger charge is 2.56. The third-order valence-corrected chi connectivity index (χ3v) is 12.6. The highest BCUT2D eigenvalue weighted by atomic mass is 16.5. The topological polar surface area (TPSA) is 184 Å². The molecule has 8 rings (SSSR count). The van der Waals surface area contributed by atoms with E-state index in [1.54, 1.807) is 0 Å². The van der Waals surface area contributed by atoms with Crippen LogP contribution in [0.1, 0.15) is 101 Å². The van der Waals surface area contributed by atoms with Crippen LogP contribution in [-0.4, -0.2) is 99.2 Å². The molecular formula is C45H56N8O7. The maximum absolute atomic E-state index is 13.9. The minimum atomic E-state index is -0.682. The van der Waals surface area contributed by atoms with Crippen molar-refractivity contribution in [1.82, 2.24) is 40.4 Å². The van der Waals surface area contributed by atoms with Gasteiger partial charge in [0.25, 0.3) is 0 Å². The molecule has 0 spiro atoms. The maximum Gasteiger partial charge on any atom is 0.407 e. The summed E-state index contributed by atoms with van der Waals surface area (Å²) in [5, 5.41) is 5.52. The van der Waals surface area contributed by atoms with Crippen LogP contribution >= 0.6 is 0 Å². The number of nitrogens with zero attached hydrogens (tertiary/aromatic N) is 4. The van der Waals surface area contributed by atoms with Crippen molar-refractivity contribution in [3.05, 3.63) is 72.1 Å². The molecular weight excluding hydrogens is 765 g/mol. The molecule has 6 atom stereocenters. The van der Waals surface area contributed by atoms with E-state index in [1.807, 2.05) is 29.8 Å². The van der Waals surface area contributed by atoms with Crippen LogP contribution in [0, 0.1) is 11.8 Å².